The Morgan fingerprint density at radius 2 is 1.75 bits per heavy atom. The summed E-state index contributed by atoms with van der Waals surface area (Å²) in [5.74, 6) is 0.646. The van der Waals surface area contributed by atoms with Gasteiger partial charge in [-0.2, -0.15) is 0 Å². The molecule has 0 saturated heterocycles. The summed E-state index contributed by atoms with van der Waals surface area (Å²) < 4.78 is 5.92. The van der Waals surface area contributed by atoms with Crippen LogP contribution in [0.15, 0.2) is 59.6 Å². The molecule has 3 nitrogen and oxygen atoms in total. The Hall–Kier alpha value is -2.13. The lowest BCUT2D eigenvalue weighted by molar-refractivity contribution is 0.0206. The number of fused-ring (bicyclic) bond motifs is 2. The average Bonchev–Trinajstić information content (AvgIpc) is 2.93. The van der Waals surface area contributed by atoms with E-state index in [0.717, 1.165) is 17.5 Å². The van der Waals surface area contributed by atoms with E-state index in [-0.39, 0.29) is 12.1 Å². The number of ether oxygens (including phenoxy) is 1. The quantitative estimate of drug-likeness (QED) is 0.860. The van der Waals surface area contributed by atoms with Crippen LogP contribution < -0.4 is 0 Å². The molecular formula is C17H15NO2. The van der Waals surface area contributed by atoms with Gasteiger partial charge in [-0.15, -0.1) is 0 Å². The van der Waals surface area contributed by atoms with Crippen LogP contribution in [0.1, 0.15) is 22.8 Å². The molecule has 0 saturated carbocycles. The molecule has 0 bridgehead atoms. The van der Waals surface area contributed by atoms with Gasteiger partial charge in [-0.3, -0.25) is 0 Å². The monoisotopic (exact) mass is 265 g/mol. The van der Waals surface area contributed by atoms with Gasteiger partial charge in [0.15, 0.2) is 6.10 Å². The summed E-state index contributed by atoms with van der Waals surface area (Å²) in [7, 11) is 0. The maximum absolute atomic E-state index is 10.5. The third-order valence-electron chi connectivity index (χ3n) is 4.04. The van der Waals surface area contributed by atoms with Crippen molar-refractivity contribution in [3.8, 4) is 0 Å². The van der Waals surface area contributed by atoms with Crippen LogP contribution in [-0.4, -0.2) is 23.2 Å². The minimum atomic E-state index is -0.602. The van der Waals surface area contributed by atoms with Crippen molar-refractivity contribution < 1.29 is 9.84 Å². The van der Waals surface area contributed by atoms with Crippen molar-refractivity contribution in [1.29, 1.82) is 0 Å². The van der Waals surface area contributed by atoms with Crippen molar-refractivity contribution in [3.05, 3.63) is 71.3 Å². The Morgan fingerprint density at radius 3 is 2.60 bits per heavy atom. The number of benzene rings is 2. The van der Waals surface area contributed by atoms with Crippen molar-refractivity contribution in [3.63, 3.8) is 0 Å². The molecule has 2 aromatic rings. The molecule has 3 heteroatoms. The highest BCUT2D eigenvalue weighted by Crippen LogP contribution is 2.37. The molecule has 0 amide bonds. The van der Waals surface area contributed by atoms with Crippen molar-refractivity contribution in [2.45, 2.75) is 24.7 Å². The minimum absolute atomic E-state index is 0.00936. The van der Waals surface area contributed by atoms with Crippen molar-refractivity contribution in [2.75, 3.05) is 0 Å². The van der Waals surface area contributed by atoms with Gasteiger partial charge < -0.3 is 9.84 Å². The Labute approximate surface area is 117 Å². The second-order valence-corrected chi connectivity index (χ2v) is 5.30. The molecule has 3 atom stereocenters. The summed E-state index contributed by atoms with van der Waals surface area (Å²) in [5.41, 5.74) is 3.11. The largest absolute Gasteiger partial charge is 0.469 e. The molecule has 2 aromatic carbocycles. The van der Waals surface area contributed by atoms with Gasteiger partial charge in [0.05, 0.1) is 6.04 Å². The number of aliphatic imine (C=N–C) groups is 1. The molecular weight excluding hydrogens is 250 g/mol. The molecule has 1 aliphatic heterocycles. The Kier molecular flexibility index (Phi) is 2.60. The predicted octanol–water partition coefficient (Wildman–Crippen LogP) is 2.49. The molecule has 1 heterocycles. The van der Waals surface area contributed by atoms with Gasteiger partial charge in [-0.05, 0) is 29.7 Å². The van der Waals surface area contributed by atoms with Gasteiger partial charge in [-0.25, -0.2) is 4.99 Å². The molecule has 1 aliphatic carbocycles. The number of aliphatic hydroxyl groups excluding tert-OH is 1. The highest BCUT2D eigenvalue weighted by atomic mass is 16.5. The lowest BCUT2D eigenvalue weighted by atomic mass is 9.84. The standard InChI is InChI=1S/C17H15NO2/c19-15-13-9-5-4-8-12(13)10-14-16(15)20-17(18-14)11-6-2-1-3-7-11/h1-9,14-16,19H,10H2/t14-,15?,16-/m1/s1. The molecule has 4 rings (SSSR count). The second-order valence-electron chi connectivity index (χ2n) is 5.30. The highest BCUT2D eigenvalue weighted by Gasteiger charge is 2.41. The normalized spacial score (nSPS) is 27.2. The van der Waals surface area contributed by atoms with Crippen LogP contribution in [0.5, 0.6) is 0 Å². The highest BCUT2D eigenvalue weighted by molar-refractivity contribution is 5.95. The molecule has 0 radical (unpaired) electrons. The maximum atomic E-state index is 10.5. The summed E-state index contributed by atoms with van der Waals surface area (Å²) in [4.78, 5) is 4.66. The fourth-order valence-electron chi connectivity index (χ4n) is 3.03. The number of hydrogen-bond donors (Lipinski definition) is 1. The van der Waals surface area contributed by atoms with Gasteiger partial charge >= 0.3 is 0 Å². The molecule has 100 valence electrons. The number of rotatable bonds is 1. The molecule has 1 unspecified atom stereocenters. The summed E-state index contributed by atoms with van der Waals surface area (Å²) in [6.45, 7) is 0. The fraction of sp³-hybridized carbons (Fsp3) is 0.235. The molecule has 0 spiro atoms. The van der Waals surface area contributed by atoms with Crippen LogP contribution in [0, 0.1) is 0 Å². The van der Waals surface area contributed by atoms with Crippen LogP contribution in [0.25, 0.3) is 0 Å². The van der Waals surface area contributed by atoms with Crippen LogP contribution in [-0.2, 0) is 11.2 Å². The fourth-order valence-corrected chi connectivity index (χ4v) is 3.03. The maximum Gasteiger partial charge on any atom is 0.216 e. The zero-order valence-electron chi connectivity index (χ0n) is 10.9. The van der Waals surface area contributed by atoms with Crippen LogP contribution in [0.4, 0.5) is 0 Å². The summed E-state index contributed by atoms with van der Waals surface area (Å²) >= 11 is 0. The summed E-state index contributed by atoms with van der Waals surface area (Å²) in [6.07, 6.45) is -0.0381. The van der Waals surface area contributed by atoms with Crippen molar-refractivity contribution >= 4 is 5.90 Å². The Morgan fingerprint density at radius 1 is 1.00 bits per heavy atom. The molecule has 20 heavy (non-hydrogen) atoms. The predicted molar refractivity (Wildman–Crippen MR) is 76.7 cm³/mol. The van der Waals surface area contributed by atoms with E-state index in [9.17, 15) is 5.11 Å². The van der Waals surface area contributed by atoms with E-state index in [1.807, 2.05) is 48.5 Å². The van der Waals surface area contributed by atoms with Crippen molar-refractivity contribution in [2.24, 2.45) is 4.99 Å². The SMILES string of the molecule is OC1c2ccccc2C[C@H]2N=C(c3ccccc3)O[C@@H]12. The lowest BCUT2D eigenvalue weighted by Crippen LogP contribution is -2.36. The first-order chi connectivity index (χ1) is 9.83. The molecule has 0 fully saturated rings. The summed E-state index contributed by atoms with van der Waals surface area (Å²) in [5, 5.41) is 10.5. The van der Waals surface area contributed by atoms with E-state index in [1.54, 1.807) is 0 Å². The number of aliphatic hydroxyl groups is 1. The molecule has 1 N–H and O–H groups in total. The lowest BCUT2D eigenvalue weighted by Gasteiger charge is -2.30. The molecule has 0 aromatic heterocycles. The Balaban J connectivity index is 1.69. The van der Waals surface area contributed by atoms with E-state index >= 15 is 0 Å². The van der Waals surface area contributed by atoms with E-state index < -0.39 is 6.10 Å². The van der Waals surface area contributed by atoms with Gasteiger partial charge in [0.1, 0.15) is 6.10 Å². The van der Waals surface area contributed by atoms with E-state index in [1.165, 1.54) is 5.56 Å². The number of nitrogens with zero attached hydrogens (tertiary/aromatic N) is 1. The zero-order chi connectivity index (χ0) is 13.5. The van der Waals surface area contributed by atoms with E-state index in [4.69, 9.17) is 4.74 Å². The third-order valence-corrected chi connectivity index (χ3v) is 4.04. The van der Waals surface area contributed by atoms with Gasteiger partial charge in [0, 0.05) is 5.56 Å². The first-order valence-electron chi connectivity index (χ1n) is 6.89. The van der Waals surface area contributed by atoms with Crippen LogP contribution in [0.3, 0.4) is 0 Å². The average molecular weight is 265 g/mol. The van der Waals surface area contributed by atoms with E-state index in [2.05, 4.69) is 11.1 Å². The number of hydrogen-bond acceptors (Lipinski definition) is 3. The third kappa shape index (κ3) is 1.74. The van der Waals surface area contributed by atoms with Crippen molar-refractivity contribution in [1.82, 2.24) is 0 Å². The van der Waals surface area contributed by atoms with Crippen LogP contribution >= 0.6 is 0 Å². The Bertz CT molecular complexity index is 666. The zero-order valence-corrected chi connectivity index (χ0v) is 10.9. The van der Waals surface area contributed by atoms with E-state index in [0.29, 0.717) is 5.90 Å². The topological polar surface area (TPSA) is 41.8 Å². The summed E-state index contributed by atoms with van der Waals surface area (Å²) in [6, 6.07) is 17.9. The van der Waals surface area contributed by atoms with Gasteiger partial charge in [0.25, 0.3) is 0 Å². The minimum Gasteiger partial charge on any atom is -0.469 e. The van der Waals surface area contributed by atoms with Gasteiger partial charge in [0.2, 0.25) is 5.90 Å². The first-order valence-corrected chi connectivity index (χ1v) is 6.89. The van der Waals surface area contributed by atoms with Gasteiger partial charge in [-0.1, -0.05) is 42.5 Å². The second kappa shape index (κ2) is 4.46. The smallest absolute Gasteiger partial charge is 0.216 e. The first kappa shape index (κ1) is 11.7. The van der Waals surface area contributed by atoms with Crippen LogP contribution in [0.2, 0.25) is 0 Å². The molecule has 2 aliphatic rings.